The number of rotatable bonds is 4. The molecule has 164 valence electrons. The molecule has 31 heavy (non-hydrogen) atoms. The third kappa shape index (κ3) is 4.09. The molecule has 0 aliphatic carbocycles. The Bertz CT molecular complexity index is 1120. The van der Waals surface area contributed by atoms with Gasteiger partial charge in [-0.25, -0.2) is 8.42 Å². The molecule has 1 unspecified atom stereocenters. The highest BCUT2D eigenvalue weighted by atomic mass is 32.2. The van der Waals surface area contributed by atoms with Crippen LogP contribution in [-0.2, 0) is 26.0 Å². The summed E-state index contributed by atoms with van der Waals surface area (Å²) in [4.78, 5) is 27.1. The standard InChI is InChI=1S/C23H27N3O4S/c1-16-8-4-5-9-20(16)24-23(28)22-15-18-14-19(10-11-21(18)26(22)17(2)27)31(29,30)25-12-6-3-7-13-25/h4-5,8-11,14,22H,3,6-7,12-13,15H2,1-2H3,(H,24,28). The molecule has 2 heterocycles. The zero-order chi connectivity index (χ0) is 22.2. The largest absolute Gasteiger partial charge is 0.324 e. The van der Waals surface area contributed by atoms with Gasteiger partial charge >= 0.3 is 0 Å². The second kappa shape index (κ2) is 8.43. The highest BCUT2D eigenvalue weighted by molar-refractivity contribution is 7.89. The second-order valence-corrected chi connectivity index (χ2v) is 10.1. The van der Waals surface area contributed by atoms with Crippen LogP contribution in [-0.4, -0.2) is 43.7 Å². The van der Waals surface area contributed by atoms with E-state index in [9.17, 15) is 18.0 Å². The molecule has 0 saturated carbocycles. The minimum absolute atomic E-state index is 0.219. The van der Waals surface area contributed by atoms with Gasteiger partial charge in [-0.15, -0.1) is 0 Å². The van der Waals surface area contributed by atoms with Gasteiger partial charge in [0.2, 0.25) is 21.8 Å². The van der Waals surface area contributed by atoms with Crippen molar-refractivity contribution in [3.63, 3.8) is 0 Å². The number of carbonyl (C=O) groups is 2. The molecule has 2 aliphatic heterocycles. The Morgan fingerprint density at radius 3 is 2.42 bits per heavy atom. The molecule has 0 radical (unpaired) electrons. The Hall–Kier alpha value is -2.71. The van der Waals surface area contributed by atoms with Crippen molar-refractivity contribution < 1.29 is 18.0 Å². The summed E-state index contributed by atoms with van der Waals surface area (Å²) in [6.45, 7) is 4.38. The Morgan fingerprint density at radius 1 is 1.03 bits per heavy atom. The fourth-order valence-electron chi connectivity index (χ4n) is 4.37. The van der Waals surface area contributed by atoms with Gasteiger partial charge < -0.3 is 5.32 Å². The third-order valence-electron chi connectivity index (χ3n) is 6.03. The number of aryl methyl sites for hydroxylation is 1. The van der Waals surface area contributed by atoms with Gasteiger partial charge in [-0.1, -0.05) is 24.6 Å². The minimum Gasteiger partial charge on any atom is -0.324 e. The maximum Gasteiger partial charge on any atom is 0.247 e. The van der Waals surface area contributed by atoms with Crippen molar-refractivity contribution in [3.8, 4) is 0 Å². The zero-order valence-electron chi connectivity index (χ0n) is 17.8. The summed E-state index contributed by atoms with van der Waals surface area (Å²) in [5.74, 6) is -0.545. The molecule has 0 aromatic heterocycles. The van der Waals surface area contributed by atoms with Crippen molar-refractivity contribution in [1.82, 2.24) is 4.31 Å². The topological polar surface area (TPSA) is 86.8 Å². The van der Waals surface area contributed by atoms with E-state index in [0.717, 1.165) is 24.8 Å². The minimum atomic E-state index is -3.58. The van der Waals surface area contributed by atoms with E-state index >= 15 is 0 Å². The van der Waals surface area contributed by atoms with E-state index in [4.69, 9.17) is 0 Å². The van der Waals surface area contributed by atoms with Gasteiger partial charge in [-0.3, -0.25) is 14.5 Å². The number of anilines is 2. The molecule has 0 bridgehead atoms. The maximum atomic E-state index is 13.1. The van der Waals surface area contributed by atoms with Crippen molar-refractivity contribution in [2.75, 3.05) is 23.3 Å². The van der Waals surface area contributed by atoms with E-state index in [0.29, 0.717) is 30.0 Å². The number of sulfonamides is 1. The van der Waals surface area contributed by atoms with Crippen LogP contribution < -0.4 is 10.2 Å². The van der Waals surface area contributed by atoms with Crippen LogP contribution in [0.1, 0.15) is 37.3 Å². The Kier molecular flexibility index (Phi) is 5.85. The molecule has 2 aromatic rings. The summed E-state index contributed by atoms with van der Waals surface area (Å²) in [7, 11) is -3.58. The molecule has 1 saturated heterocycles. The molecule has 2 aliphatic rings. The van der Waals surface area contributed by atoms with Crippen molar-refractivity contribution in [3.05, 3.63) is 53.6 Å². The fraction of sp³-hybridized carbons (Fsp3) is 0.391. The first-order valence-electron chi connectivity index (χ1n) is 10.6. The Balaban J connectivity index is 1.62. The number of amides is 2. The predicted molar refractivity (Wildman–Crippen MR) is 120 cm³/mol. The normalized spacial score (nSPS) is 19.2. The first-order valence-corrected chi connectivity index (χ1v) is 12.0. The molecular formula is C23H27N3O4S. The van der Waals surface area contributed by atoms with E-state index < -0.39 is 16.1 Å². The summed E-state index contributed by atoms with van der Waals surface area (Å²) in [5.41, 5.74) is 2.91. The van der Waals surface area contributed by atoms with E-state index in [1.54, 1.807) is 18.2 Å². The Morgan fingerprint density at radius 2 is 1.74 bits per heavy atom. The van der Waals surface area contributed by atoms with Gasteiger partial charge in [0.15, 0.2) is 0 Å². The second-order valence-electron chi connectivity index (χ2n) is 8.17. The van der Waals surface area contributed by atoms with Crippen molar-refractivity contribution >= 4 is 33.2 Å². The van der Waals surface area contributed by atoms with Crippen LogP contribution >= 0.6 is 0 Å². The SMILES string of the molecule is CC(=O)N1c2ccc(S(=O)(=O)N3CCCCC3)cc2CC1C(=O)Nc1ccccc1C. The number of hydrogen-bond donors (Lipinski definition) is 1. The van der Waals surface area contributed by atoms with Crippen molar-refractivity contribution in [2.24, 2.45) is 0 Å². The lowest BCUT2D eigenvalue weighted by Gasteiger charge is -2.26. The molecule has 7 nitrogen and oxygen atoms in total. The van der Waals surface area contributed by atoms with Gasteiger partial charge in [0.1, 0.15) is 6.04 Å². The van der Waals surface area contributed by atoms with Gasteiger partial charge in [0.25, 0.3) is 0 Å². The van der Waals surface area contributed by atoms with Crippen LogP contribution in [0.3, 0.4) is 0 Å². The number of carbonyl (C=O) groups excluding carboxylic acids is 2. The number of para-hydroxylation sites is 1. The monoisotopic (exact) mass is 441 g/mol. The average molecular weight is 442 g/mol. The van der Waals surface area contributed by atoms with Crippen LogP contribution in [0.4, 0.5) is 11.4 Å². The molecule has 1 atom stereocenters. The number of benzene rings is 2. The molecule has 2 amide bonds. The highest BCUT2D eigenvalue weighted by Gasteiger charge is 2.38. The summed E-state index contributed by atoms with van der Waals surface area (Å²) in [6.07, 6.45) is 3.05. The smallest absolute Gasteiger partial charge is 0.247 e. The Labute approximate surface area is 183 Å². The maximum absolute atomic E-state index is 13.1. The number of nitrogens with zero attached hydrogens (tertiary/aromatic N) is 2. The fourth-order valence-corrected chi connectivity index (χ4v) is 5.94. The first kappa shape index (κ1) is 21.5. The first-order chi connectivity index (χ1) is 14.8. The number of fused-ring (bicyclic) bond motifs is 1. The molecular weight excluding hydrogens is 414 g/mol. The van der Waals surface area contributed by atoms with E-state index in [2.05, 4.69) is 5.32 Å². The molecule has 8 heteroatoms. The third-order valence-corrected chi connectivity index (χ3v) is 7.93. The van der Waals surface area contributed by atoms with Gasteiger partial charge in [-0.05, 0) is 55.2 Å². The number of piperidine rings is 1. The number of hydrogen-bond acceptors (Lipinski definition) is 4. The lowest BCUT2D eigenvalue weighted by atomic mass is 10.1. The van der Waals surface area contributed by atoms with Gasteiger partial charge in [0.05, 0.1) is 4.90 Å². The molecule has 1 fully saturated rings. The molecule has 4 rings (SSSR count). The predicted octanol–water partition coefficient (Wildman–Crippen LogP) is 3.09. The molecule has 2 aromatic carbocycles. The van der Waals surface area contributed by atoms with Crippen LogP contribution in [0.25, 0.3) is 0 Å². The summed E-state index contributed by atoms with van der Waals surface area (Å²) >= 11 is 0. The van der Waals surface area contributed by atoms with Gasteiger partial charge in [-0.2, -0.15) is 4.31 Å². The highest BCUT2D eigenvalue weighted by Crippen LogP contribution is 2.35. The van der Waals surface area contributed by atoms with Crippen LogP contribution in [0.2, 0.25) is 0 Å². The van der Waals surface area contributed by atoms with Crippen LogP contribution in [0, 0.1) is 6.92 Å². The lowest BCUT2D eigenvalue weighted by molar-refractivity contribution is -0.122. The van der Waals surface area contributed by atoms with E-state index in [1.807, 2.05) is 31.2 Å². The van der Waals surface area contributed by atoms with Crippen molar-refractivity contribution in [1.29, 1.82) is 0 Å². The molecule has 0 spiro atoms. The quantitative estimate of drug-likeness (QED) is 0.790. The van der Waals surface area contributed by atoms with Gasteiger partial charge in [0, 0.05) is 37.8 Å². The molecule has 1 N–H and O–H groups in total. The van der Waals surface area contributed by atoms with E-state index in [1.165, 1.54) is 16.1 Å². The average Bonchev–Trinajstić information content (AvgIpc) is 3.15. The van der Waals surface area contributed by atoms with Crippen LogP contribution in [0.15, 0.2) is 47.4 Å². The van der Waals surface area contributed by atoms with E-state index in [-0.39, 0.29) is 23.1 Å². The summed E-state index contributed by atoms with van der Waals surface area (Å²) in [5, 5.41) is 2.91. The summed E-state index contributed by atoms with van der Waals surface area (Å²) < 4.78 is 27.7. The summed E-state index contributed by atoms with van der Waals surface area (Å²) in [6, 6.07) is 11.5. The zero-order valence-corrected chi connectivity index (χ0v) is 18.6. The lowest BCUT2D eigenvalue weighted by Crippen LogP contribution is -2.44. The number of nitrogens with one attached hydrogen (secondary N) is 1. The van der Waals surface area contributed by atoms with Crippen LogP contribution in [0.5, 0.6) is 0 Å². The van der Waals surface area contributed by atoms with Crippen molar-refractivity contribution in [2.45, 2.75) is 50.5 Å².